The molecule has 8 heteroatoms. The standard InChI is InChI=1S/C12H18N4O2S2/c1-7-11(19-6-9(13)17)20-12(15-7)16-10(18)8-2-4-14-5-3-8/h8,14H,2-6H2,1H3,(H2,13,17)(H,15,16,18). The van der Waals surface area contributed by atoms with E-state index in [4.69, 9.17) is 5.73 Å². The molecule has 0 aliphatic carbocycles. The Balaban J connectivity index is 1.93. The minimum Gasteiger partial charge on any atom is -0.369 e. The molecular weight excluding hydrogens is 296 g/mol. The van der Waals surface area contributed by atoms with Crippen molar-refractivity contribution in [2.45, 2.75) is 24.0 Å². The van der Waals surface area contributed by atoms with Gasteiger partial charge in [0.05, 0.1) is 15.7 Å². The summed E-state index contributed by atoms with van der Waals surface area (Å²) in [7, 11) is 0. The maximum atomic E-state index is 12.1. The molecule has 110 valence electrons. The highest BCUT2D eigenvalue weighted by Crippen LogP contribution is 2.32. The largest absolute Gasteiger partial charge is 0.369 e. The van der Waals surface area contributed by atoms with Crippen LogP contribution >= 0.6 is 23.1 Å². The molecule has 1 aliphatic rings. The van der Waals surface area contributed by atoms with Crippen molar-refractivity contribution in [3.05, 3.63) is 5.69 Å². The molecule has 1 fully saturated rings. The monoisotopic (exact) mass is 314 g/mol. The van der Waals surface area contributed by atoms with Crippen molar-refractivity contribution in [1.29, 1.82) is 0 Å². The zero-order chi connectivity index (χ0) is 14.5. The summed E-state index contributed by atoms with van der Waals surface area (Å²) in [6, 6.07) is 0. The topological polar surface area (TPSA) is 97.1 Å². The number of nitrogens with two attached hydrogens (primary N) is 1. The van der Waals surface area contributed by atoms with Gasteiger partial charge in [0.15, 0.2) is 5.13 Å². The Kier molecular flexibility index (Phi) is 5.38. The van der Waals surface area contributed by atoms with Gasteiger partial charge in [-0.1, -0.05) is 11.3 Å². The third kappa shape index (κ3) is 4.19. The van der Waals surface area contributed by atoms with E-state index >= 15 is 0 Å². The maximum Gasteiger partial charge on any atom is 0.229 e. The third-order valence-corrected chi connectivity index (χ3v) is 5.50. The molecule has 0 bridgehead atoms. The number of nitrogens with one attached hydrogen (secondary N) is 2. The molecule has 0 spiro atoms. The van der Waals surface area contributed by atoms with E-state index in [0.29, 0.717) is 5.13 Å². The summed E-state index contributed by atoms with van der Waals surface area (Å²) in [4.78, 5) is 27.2. The Morgan fingerprint density at radius 3 is 2.85 bits per heavy atom. The molecule has 2 amide bonds. The van der Waals surface area contributed by atoms with Gasteiger partial charge in [-0.2, -0.15) is 0 Å². The van der Waals surface area contributed by atoms with Crippen molar-refractivity contribution in [1.82, 2.24) is 10.3 Å². The van der Waals surface area contributed by atoms with Gasteiger partial charge in [-0.05, 0) is 32.9 Å². The number of primary amides is 1. The quantitative estimate of drug-likeness (QED) is 0.704. The van der Waals surface area contributed by atoms with Crippen molar-refractivity contribution in [2.24, 2.45) is 11.7 Å². The van der Waals surface area contributed by atoms with Crippen molar-refractivity contribution >= 4 is 40.0 Å². The van der Waals surface area contributed by atoms with Crippen LogP contribution in [0.25, 0.3) is 0 Å². The summed E-state index contributed by atoms with van der Waals surface area (Å²) >= 11 is 2.75. The van der Waals surface area contributed by atoms with E-state index in [9.17, 15) is 9.59 Å². The molecule has 1 aromatic heterocycles. The lowest BCUT2D eigenvalue weighted by Gasteiger charge is -2.20. The second-order valence-corrected chi connectivity index (χ2v) is 6.90. The van der Waals surface area contributed by atoms with Gasteiger partial charge in [0, 0.05) is 5.92 Å². The molecule has 4 N–H and O–H groups in total. The van der Waals surface area contributed by atoms with Gasteiger partial charge in [0.25, 0.3) is 0 Å². The summed E-state index contributed by atoms with van der Waals surface area (Å²) in [5.74, 6) is -0.0398. The second kappa shape index (κ2) is 7.05. The van der Waals surface area contributed by atoms with Crippen LogP contribution < -0.4 is 16.4 Å². The van der Waals surface area contributed by atoms with Gasteiger partial charge in [-0.25, -0.2) is 4.98 Å². The van der Waals surface area contributed by atoms with Crippen LogP contribution in [-0.2, 0) is 9.59 Å². The molecule has 0 atom stereocenters. The number of hydrogen-bond donors (Lipinski definition) is 3. The molecule has 20 heavy (non-hydrogen) atoms. The first-order valence-corrected chi connectivity index (χ1v) is 8.26. The van der Waals surface area contributed by atoms with Crippen LogP contribution in [-0.4, -0.2) is 35.6 Å². The van der Waals surface area contributed by atoms with Crippen LogP contribution in [0.3, 0.4) is 0 Å². The lowest BCUT2D eigenvalue weighted by Crippen LogP contribution is -2.34. The first-order valence-electron chi connectivity index (χ1n) is 6.46. The average molecular weight is 314 g/mol. The minimum atomic E-state index is -0.358. The highest BCUT2D eigenvalue weighted by molar-refractivity contribution is 8.01. The van der Waals surface area contributed by atoms with Gasteiger partial charge in [0.1, 0.15) is 0 Å². The van der Waals surface area contributed by atoms with Crippen LogP contribution in [0.5, 0.6) is 0 Å². The molecule has 0 aromatic carbocycles. The molecule has 2 rings (SSSR count). The van der Waals surface area contributed by atoms with E-state index in [1.165, 1.54) is 23.1 Å². The van der Waals surface area contributed by atoms with Gasteiger partial charge >= 0.3 is 0 Å². The van der Waals surface area contributed by atoms with E-state index < -0.39 is 0 Å². The van der Waals surface area contributed by atoms with E-state index in [0.717, 1.165) is 35.8 Å². The lowest BCUT2D eigenvalue weighted by molar-refractivity contribution is -0.120. The van der Waals surface area contributed by atoms with Gasteiger partial charge in [-0.3, -0.25) is 9.59 Å². The molecule has 0 unspecified atom stereocenters. The highest BCUT2D eigenvalue weighted by Gasteiger charge is 2.22. The molecule has 0 saturated carbocycles. The first-order chi connectivity index (χ1) is 9.56. The summed E-state index contributed by atoms with van der Waals surface area (Å²) in [6.45, 7) is 3.63. The number of aromatic nitrogens is 1. The van der Waals surface area contributed by atoms with Gasteiger partial charge in [-0.15, -0.1) is 11.8 Å². The van der Waals surface area contributed by atoms with E-state index in [-0.39, 0.29) is 23.5 Å². The van der Waals surface area contributed by atoms with Crippen molar-refractivity contribution in [3.63, 3.8) is 0 Å². The Morgan fingerprint density at radius 2 is 2.20 bits per heavy atom. The van der Waals surface area contributed by atoms with Crippen molar-refractivity contribution < 1.29 is 9.59 Å². The molecule has 1 aliphatic heterocycles. The van der Waals surface area contributed by atoms with Gasteiger partial charge < -0.3 is 16.4 Å². The van der Waals surface area contributed by atoms with Crippen LogP contribution in [0.4, 0.5) is 5.13 Å². The van der Waals surface area contributed by atoms with Gasteiger partial charge in [0.2, 0.25) is 11.8 Å². The Labute approximate surface area is 125 Å². The number of thiazole rings is 1. The fourth-order valence-corrected chi connectivity index (χ4v) is 3.88. The number of amides is 2. The van der Waals surface area contributed by atoms with Crippen molar-refractivity contribution in [2.75, 3.05) is 24.2 Å². The maximum absolute atomic E-state index is 12.1. The predicted molar refractivity (Wildman–Crippen MR) is 81.0 cm³/mol. The van der Waals surface area contributed by atoms with Crippen LogP contribution in [0, 0.1) is 12.8 Å². The summed E-state index contributed by atoms with van der Waals surface area (Å²) in [6.07, 6.45) is 1.72. The first kappa shape index (κ1) is 15.3. The second-order valence-electron chi connectivity index (χ2n) is 4.66. The Hall–Kier alpha value is -1.12. The molecule has 2 heterocycles. The molecule has 0 radical (unpaired) electrons. The lowest BCUT2D eigenvalue weighted by atomic mass is 9.97. The normalized spacial score (nSPS) is 16.1. The number of rotatable bonds is 5. The van der Waals surface area contributed by atoms with Crippen LogP contribution in [0.15, 0.2) is 4.21 Å². The number of carbonyl (C=O) groups is 2. The summed E-state index contributed by atoms with van der Waals surface area (Å²) in [5.41, 5.74) is 5.95. The Morgan fingerprint density at radius 1 is 1.50 bits per heavy atom. The van der Waals surface area contributed by atoms with Crippen molar-refractivity contribution in [3.8, 4) is 0 Å². The molecular formula is C12H18N4O2S2. The summed E-state index contributed by atoms with van der Waals surface area (Å²) in [5, 5.41) is 6.70. The Bertz CT molecular complexity index is 498. The average Bonchev–Trinajstić information content (AvgIpc) is 2.77. The highest BCUT2D eigenvalue weighted by atomic mass is 32.2. The van der Waals surface area contributed by atoms with E-state index in [2.05, 4.69) is 15.6 Å². The molecule has 1 saturated heterocycles. The number of hydrogen-bond acceptors (Lipinski definition) is 6. The minimum absolute atomic E-state index is 0.0340. The number of nitrogens with zero attached hydrogens (tertiary/aromatic N) is 1. The number of carbonyl (C=O) groups excluding carboxylic acids is 2. The number of anilines is 1. The number of aryl methyl sites for hydroxylation is 1. The zero-order valence-electron chi connectivity index (χ0n) is 11.3. The predicted octanol–water partition coefficient (Wildman–Crippen LogP) is 0.967. The summed E-state index contributed by atoms with van der Waals surface area (Å²) < 4.78 is 0.921. The van der Waals surface area contributed by atoms with Crippen LogP contribution in [0.1, 0.15) is 18.5 Å². The molecule has 1 aromatic rings. The molecule has 6 nitrogen and oxygen atoms in total. The third-order valence-electron chi connectivity index (χ3n) is 3.04. The fourth-order valence-electron chi connectivity index (χ4n) is 2.00. The zero-order valence-corrected chi connectivity index (χ0v) is 12.9. The fraction of sp³-hybridized carbons (Fsp3) is 0.583. The van der Waals surface area contributed by atoms with E-state index in [1.54, 1.807) is 0 Å². The van der Waals surface area contributed by atoms with E-state index in [1.807, 2.05) is 6.92 Å². The smallest absolute Gasteiger partial charge is 0.229 e. The SMILES string of the molecule is Cc1nc(NC(=O)C2CCNCC2)sc1SCC(N)=O. The van der Waals surface area contributed by atoms with Crippen LogP contribution in [0.2, 0.25) is 0 Å². The number of thioether (sulfide) groups is 1. The number of piperidine rings is 1.